The predicted octanol–water partition coefficient (Wildman–Crippen LogP) is 2.62. The van der Waals surface area contributed by atoms with Gasteiger partial charge in [0, 0.05) is 18.2 Å². The first kappa shape index (κ1) is 17.0. The van der Waals surface area contributed by atoms with Crippen LogP contribution in [-0.2, 0) is 17.9 Å². The topological polar surface area (TPSA) is 90.1 Å². The molecule has 0 fully saturated rings. The molecule has 0 bridgehead atoms. The normalized spacial score (nSPS) is 11.0. The largest absolute Gasteiger partial charge is 0.375 e. The number of amides is 1. The smallest absolute Gasteiger partial charge is 0.252 e. The first-order chi connectivity index (χ1) is 12.0. The summed E-state index contributed by atoms with van der Waals surface area (Å²) in [5, 5.41) is 7.52. The zero-order chi connectivity index (χ0) is 18.0. The summed E-state index contributed by atoms with van der Waals surface area (Å²) in [6.07, 6.45) is 0. The van der Waals surface area contributed by atoms with Crippen molar-refractivity contribution >= 4 is 16.8 Å². The molecular formula is C18H20N4O3. The zero-order valence-electron chi connectivity index (χ0n) is 14.7. The summed E-state index contributed by atoms with van der Waals surface area (Å²) >= 11 is 0. The van der Waals surface area contributed by atoms with E-state index in [9.17, 15) is 4.79 Å². The van der Waals surface area contributed by atoms with Crippen molar-refractivity contribution in [3.63, 3.8) is 0 Å². The number of hydrogen-bond donors (Lipinski definition) is 1. The lowest BCUT2D eigenvalue weighted by Gasteiger charge is -2.11. The Bertz CT molecular complexity index is 928. The second-order valence-corrected chi connectivity index (χ2v) is 6.01. The Morgan fingerprint density at radius 2 is 2.00 bits per heavy atom. The van der Waals surface area contributed by atoms with Gasteiger partial charge in [-0.1, -0.05) is 11.2 Å². The van der Waals surface area contributed by atoms with Crippen LogP contribution in [0.15, 0.2) is 22.7 Å². The Morgan fingerprint density at radius 1 is 1.20 bits per heavy atom. The van der Waals surface area contributed by atoms with Gasteiger partial charge in [0.05, 0.1) is 17.6 Å². The van der Waals surface area contributed by atoms with Crippen LogP contribution in [0.1, 0.15) is 38.9 Å². The van der Waals surface area contributed by atoms with Crippen molar-refractivity contribution in [3.05, 3.63) is 52.3 Å². The molecule has 1 N–H and O–H groups in total. The van der Waals surface area contributed by atoms with Gasteiger partial charge >= 0.3 is 0 Å². The lowest BCUT2D eigenvalue weighted by Crippen LogP contribution is -2.24. The summed E-state index contributed by atoms with van der Waals surface area (Å²) in [5.41, 5.74) is 4.36. The van der Waals surface area contributed by atoms with Crippen LogP contribution in [-0.4, -0.2) is 28.1 Å². The van der Waals surface area contributed by atoms with Gasteiger partial charge < -0.3 is 14.6 Å². The molecule has 7 heteroatoms. The standard InChI is InChI=1S/C18H20N4O3/c1-10-5-11(2)17-13(7-12(3)20-14(17)6-10)18(23)19-8-15-21-16(9-24-4)25-22-15/h5-7H,8-9H2,1-4H3,(H,19,23). The number of rotatable bonds is 5. The zero-order valence-corrected chi connectivity index (χ0v) is 14.7. The van der Waals surface area contributed by atoms with E-state index in [-0.39, 0.29) is 19.1 Å². The summed E-state index contributed by atoms with van der Waals surface area (Å²) in [5.74, 6) is 0.590. The fourth-order valence-corrected chi connectivity index (χ4v) is 2.86. The number of hydrogen-bond acceptors (Lipinski definition) is 6. The highest BCUT2D eigenvalue weighted by atomic mass is 16.5. The third-order valence-electron chi connectivity index (χ3n) is 3.81. The van der Waals surface area contributed by atoms with Gasteiger partial charge in [-0.2, -0.15) is 4.98 Å². The lowest BCUT2D eigenvalue weighted by atomic mass is 10.00. The van der Waals surface area contributed by atoms with E-state index in [1.807, 2.05) is 32.9 Å². The monoisotopic (exact) mass is 340 g/mol. The Labute approximate surface area is 145 Å². The summed E-state index contributed by atoms with van der Waals surface area (Å²) in [7, 11) is 1.55. The van der Waals surface area contributed by atoms with Gasteiger partial charge in [0.25, 0.3) is 11.8 Å². The highest BCUT2D eigenvalue weighted by molar-refractivity contribution is 6.07. The number of aryl methyl sites for hydroxylation is 3. The number of aromatic nitrogens is 3. The number of nitrogens with zero attached hydrogens (tertiary/aromatic N) is 3. The highest BCUT2D eigenvalue weighted by Crippen LogP contribution is 2.24. The van der Waals surface area contributed by atoms with E-state index in [0.717, 1.165) is 27.7 Å². The van der Waals surface area contributed by atoms with Crippen molar-refractivity contribution in [2.24, 2.45) is 0 Å². The average Bonchev–Trinajstić information content (AvgIpc) is 2.99. The first-order valence-electron chi connectivity index (χ1n) is 7.95. The van der Waals surface area contributed by atoms with Crippen molar-refractivity contribution in [1.29, 1.82) is 0 Å². The van der Waals surface area contributed by atoms with Gasteiger partial charge in [-0.05, 0) is 44.0 Å². The van der Waals surface area contributed by atoms with E-state index in [1.165, 1.54) is 0 Å². The maximum absolute atomic E-state index is 12.7. The SMILES string of the molecule is COCc1nc(CNC(=O)c2cc(C)nc3cc(C)cc(C)c23)no1. The molecule has 3 rings (SSSR count). The van der Waals surface area contributed by atoms with E-state index in [0.29, 0.717) is 17.3 Å². The molecule has 7 nitrogen and oxygen atoms in total. The fraction of sp³-hybridized carbons (Fsp3) is 0.333. The van der Waals surface area contributed by atoms with Gasteiger partial charge in [-0.25, -0.2) is 0 Å². The number of benzene rings is 1. The second-order valence-electron chi connectivity index (χ2n) is 6.01. The van der Waals surface area contributed by atoms with E-state index in [4.69, 9.17) is 9.26 Å². The van der Waals surface area contributed by atoms with Crippen LogP contribution >= 0.6 is 0 Å². The number of pyridine rings is 1. The minimum Gasteiger partial charge on any atom is -0.375 e. The average molecular weight is 340 g/mol. The van der Waals surface area contributed by atoms with E-state index < -0.39 is 0 Å². The Hall–Kier alpha value is -2.80. The molecule has 3 aromatic rings. The molecule has 0 spiro atoms. The van der Waals surface area contributed by atoms with Crippen molar-refractivity contribution in [2.75, 3.05) is 7.11 Å². The van der Waals surface area contributed by atoms with Gasteiger partial charge in [-0.15, -0.1) is 0 Å². The molecule has 0 aliphatic rings. The molecule has 0 aliphatic heterocycles. The molecule has 0 saturated carbocycles. The Balaban J connectivity index is 1.86. The van der Waals surface area contributed by atoms with Crippen LogP contribution in [0.4, 0.5) is 0 Å². The third-order valence-corrected chi connectivity index (χ3v) is 3.81. The molecule has 130 valence electrons. The van der Waals surface area contributed by atoms with Crippen LogP contribution in [0.25, 0.3) is 10.9 Å². The predicted molar refractivity (Wildman–Crippen MR) is 92.1 cm³/mol. The molecule has 2 heterocycles. The van der Waals surface area contributed by atoms with Crippen LogP contribution in [0, 0.1) is 20.8 Å². The van der Waals surface area contributed by atoms with Crippen molar-refractivity contribution in [2.45, 2.75) is 33.9 Å². The van der Waals surface area contributed by atoms with Crippen LogP contribution in [0.5, 0.6) is 0 Å². The quantitative estimate of drug-likeness (QED) is 0.768. The third kappa shape index (κ3) is 3.66. The van der Waals surface area contributed by atoms with Crippen molar-refractivity contribution < 1.29 is 14.1 Å². The van der Waals surface area contributed by atoms with Gasteiger partial charge in [0.15, 0.2) is 5.82 Å². The minimum atomic E-state index is -0.194. The van der Waals surface area contributed by atoms with Crippen molar-refractivity contribution in [1.82, 2.24) is 20.4 Å². The number of nitrogens with one attached hydrogen (secondary N) is 1. The number of carbonyl (C=O) groups excluding carboxylic acids is 1. The molecule has 1 aromatic carbocycles. The van der Waals surface area contributed by atoms with Gasteiger partial charge in [0.1, 0.15) is 6.61 Å². The molecular weight excluding hydrogens is 320 g/mol. The maximum Gasteiger partial charge on any atom is 0.252 e. The molecule has 2 aromatic heterocycles. The number of ether oxygens (including phenoxy) is 1. The molecule has 0 unspecified atom stereocenters. The molecule has 0 radical (unpaired) electrons. The van der Waals surface area contributed by atoms with E-state index in [1.54, 1.807) is 13.2 Å². The lowest BCUT2D eigenvalue weighted by molar-refractivity contribution is 0.0951. The van der Waals surface area contributed by atoms with Crippen LogP contribution in [0.3, 0.4) is 0 Å². The van der Waals surface area contributed by atoms with E-state index >= 15 is 0 Å². The molecule has 1 amide bonds. The number of fused-ring (bicyclic) bond motifs is 1. The summed E-state index contributed by atoms with van der Waals surface area (Å²) in [6, 6.07) is 5.83. The minimum absolute atomic E-state index is 0.180. The molecule has 0 atom stereocenters. The highest BCUT2D eigenvalue weighted by Gasteiger charge is 2.15. The number of carbonyl (C=O) groups is 1. The Kier molecular flexibility index (Phi) is 4.76. The summed E-state index contributed by atoms with van der Waals surface area (Å²) in [4.78, 5) is 21.4. The summed E-state index contributed by atoms with van der Waals surface area (Å²) < 4.78 is 9.95. The fourth-order valence-electron chi connectivity index (χ4n) is 2.86. The van der Waals surface area contributed by atoms with Crippen LogP contribution < -0.4 is 5.32 Å². The summed E-state index contributed by atoms with van der Waals surface area (Å²) in [6.45, 7) is 6.31. The molecule has 0 saturated heterocycles. The van der Waals surface area contributed by atoms with Crippen molar-refractivity contribution in [3.8, 4) is 0 Å². The van der Waals surface area contributed by atoms with E-state index in [2.05, 4.69) is 20.4 Å². The first-order valence-corrected chi connectivity index (χ1v) is 7.95. The van der Waals surface area contributed by atoms with Gasteiger partial charge in [-0.3, -0.25) is 9.78 Å². The molecule has 25 heavy (non-hydrogen) atoms. The van der Waals surface area contributed by atoms with Crippen LogP contribution in [0.2, 0.25) is 0 Å². The van der Waals surface area contributed by atoms with Gasteiger partial charge in [0.2, 0.25) is 0 Å². The number of methoxy groups -OCH3 is 1. The Morgan fingerprint density at radius 3 is 2.76 bits per heavy atom. The second kappa shape index (κ2) is 6.98. The maximum atomic E-state index is 12.7. The molecule has 0 aliphatic carbocycles.